The van der Waals surface area contributed by atoms with E-state index in [-0.39, 0.29) is 29.6 Å². The zero-order chi connectivity index (χ0) is 17.6. The number of carbonyl (C=O) groups is 1. The lowest BCUT2D eigenvalue weighted by Crippen LogP contribution is -2.17. The standard InChI is InChI=1S/C13H16F3N3O3S/c1-4-21-12(20)8-5-10(22-23-13(14,15)16)19-11(9(8)6-17)18-7(2)3/h5-7,17H,4H2,1-3H3,(H,18,19). The molecule has 0 aliphatic rings. The molecule has 0 saturated heterocycles. The number of anilines is 1. The first kappa shape index (κ1) is 19.1. The molecule has 10 heteroatoms. The minimum absolute atomic E-state index is 0.0679. The van der Waals surface area contributed by atoms with Crippen LogP contribution < -0.4 is 9.50 Å². The van der Waals surface area contributed by atoms with Crippen LogP contribution in [-0.4, -0.2) is 35.3 Å². The second-order valence-electron chi connectivity index (χ2n) is 4.55. The number of hydrogen-bond acceptors (Lipinski definition) is 7. The minimum atomic E-state index is -4.61. The Balaban J connectivity index is 3.28. The highest BCUT2D eigenvalue weighted by Crippen LogP contribution is 2.33. The van der Waals surface area contributed by atoms with Gasteiger partial charge in [-0.25, -0.2) is 4.79 Å². The van der Waals surface area contributed by atoms with Crippen LogP contribution in [-0.2, 0) is 4.74 Å². The van der Waals surface area contributed by atoms with E-state index in [1.807, 2.05) is 0 Å². The van der Waals surface area contributed by atoms with Crippen molar-refractivity contribution in [3.8, 4) is 5.88 Å². The molecule has 0 aliphatic carbocycles. The van der Waals surface area contributed by atoms with Gasteiger partial charge in [0.2, 0.25) is 5.88 Å². The first-order valence-electron chi connectivity index (χ1n) is 6.59. The van der Waals surface area contributed by atoms with Crippen molar-refractivity contribution >= 4 is 30.0 Å². The number of aromatic nitrogens is 1. The Morgan fingerprint density at radius 3 is 2.65 bits per heavy atom. The quantitative estimate of drug-likeness (QED) is 0.443. The fourth-order valence-electron chi connectivity index (χ4n) is 1.57. The van der Waals surface area contributed by atoms with Crippen LogP contribution in [0.4, 0.5) is 19.0 Å². The zero-order valence-electron chi connectivity index (χ0n) is 12.7. The van der Waals surface area contributed by atoms with Crippen molar-refractivity contribution in [1.82, 2.24) is 4.98 Å². The molecule has 0 saturated carbocycles. The topological polar surface area (TPSA) is 84.3 Å². The van der Waals surface area contributed by atoms with E-state index in [9.17, 15) is 18.0 Å². The molecule has 0 bridgehead atoms. The largest absolute Gasteiger partial charge is 0.479 e. The van der Waals surface area contributed by atoms with Gasteiger partial charge in [-0.2, -0.15) is 18.2 Å². The van der Waals surface area contributed by atoms with Crippen molar-refractivity contribution in [3.63, 3.8) is 0 Å². The Labute approximate surface area is 135 Å². The van der Waals surface area contributed by atoms with E-state index < -0.39 is 29.4 Å². The molecular weight excluding hydrogens is 335 g/mol. The van der Waals surface area contributed by atoms with E-state index in [1.165, 1.54) is 0 Å². The smallest absolute Gasteiger partial charge is 0.462 e. The van der Waals surface area contributed by atoms with E-state index in [0.29, 0.717) is 0 Å². The number of carbonyl (C=O) groups excluding carboxylic acids is 1. The summed E-state index contributed by atoms with van der Waals surface area (Å²) in [6.07, 6.45) is 0.880. The summed E-state index contributed by atoms with van der Waals surface area (Å²) in [7, 11) is 0. The number of ether oxygens (including phenoxy) is 1. The van der Waals surface area contributed by atoms with E-state index in [2.05, 4.69) is 14.5 Å². The third-order valence-electron chi connectivity index (χ3n) is 2.32. The van der Waals surface area contributed by atoms with Gasteiger partial charge in [0.1, 0.15) is 5.82 Å². The number of pyridine rings is 1. The predicted molar refractivity (Wildman–Crippen MR) is 81.1 cm³/mol. The number of esters is 1. The number of nitrogens with one attached hydrogen (secondary N) is 2. The molecule has 1 heterocycles. The fraction of sp³-hybridized carbons (Fsp3) is 0.462. The summed E-state index contributed by atoms with van der Waals surface area (Å²) >= 11 is -0.738. The van der Waals surface area contributed by atoms with Crippen LogP contribution in [0.15, 0.2) is 6.07 Å². The number of hydrogen-bond donors (Lipinski definition) is 2. The summed E-state index contributed by atoms with van der Waals surface area (Å²) in [5, 5.41) is 10.3. The van der Waals surface area contributed by atoms with Gasteiger partial charge in [0.05, 0.1) is 12.2 Å². The van der Waals surface area contributed by atoms with Gasteiger partial charge < -0.3 is 19.6 Å². The summed E-state index contributed by atoms with van der Waals surface area (Å²) in [6, 6.07) is 0.893. The van der Waals surface area contributed by atoms with Crippen LogP contribution in [0.3, 0.4) is 0 Å². The van der Waals surface area contributed by atoms with Crippen molar-refractivity contribution < 1.29 is 26.9 Å². The van der Waals surface area contributed by atoms with Gasteiger partial charge in [-0.15, -0.1) is 0 Å². The summed E-state index contributed by atoms with van der Waals surface area (Å²) in [6.45, 7) is 5.22. The summed E-state index contributed by atoms with van der Waals surface area (Å²) in [5.74, 6) is -1.12. The van der Waals surface area contributed by atoms with Gasteiger partial charge in [-0.1, -0.05) is 0 Å². The maximum Gasteiger partial charge on any atom is 0.479 e. The molecule has 1 aromatic heterocycles. The van der Waals surface area contributed by atoms with Crippen molar-refractivity contribution in [3.05, 3.63) is 17.2 Å². The molecule has 0 radical (unpaired) electrons. The van der Waals surface area contributed by atoms with Gasteiger partial charge in [-0.05, 0) is 20.8 Å². The van der Waals surface area contributed by atoms with Gasteiger partial charge in [0.15, 0.2) is 12.0 Å². The minimum Gasteiger partial charge on any atom is -0.462 e. The molecule has 6 nitrogen and oxygen atoms in total. The van der Waals surface area contributed by atoms with E-state index >= 15 is 0 Å². The van der Waals surface area contributed by atoms with Gasteiger partial charge in [0, 0.05) is 23.9 Å². The van der Waals surface area contributed by atoms with Crippen LogP contribution >= 0.6 is 12.0 Å². The molecule has 0 atom stereocenters. The van der Waals surface area contributed by atoms with Crippen LogP contribution in [0.2, 0.25) is 0 Å². The maximum absolute atomic E-state index is 12.2. The molecule has 1 aromatic rings. The second kappa shape index (κ2) is 8.04. The number of halogens is 3. The molecule has 23 heavy (non-hydrogen) atoms. The maximum atomic E-state index is 12.2. The highest BCUT2D eigenvalue weighted by molar-refractivity contribution is 7.95. The normalized spacial score (nSPS) is 11.3. The Morgan fingerprint density at radius 1 is 1.52 bits per heavy atom. The molecule has 0 unspecified atom stereocenters. The first-order valence-corrected chi connectivity index (χ1v) is 7.33. The lowest BCUT2D eigenvalue weighted by atomic mass is 10.1. The van der Waals surface area contributed by atoms with Crippen molar-refractivity contribution in [1.29, 1.82) is 5.41 Å². The summed E-state index contributed by atoms with van der Waals surface area (Å²) in [4.78, 5) is 15.8. The Morgan fingerprint density at radius 2 is 2.17 bits per heavy atom. The number of nitrogens with zero attached hydrogens (tertiary/aromatic N) is 1. The zero-order valence-corrected chi connectivity index (χ0v) is 13.5. The number of rotatable bonds is 7. The average Bonchev–Trinajstić information content (AvgIpc) is 2.43. The monoisotopic (exact) mass is 351 g/mol. The molecular formula is C13H16F3N3O3S. The average molecular weight is 351 g/mol. The third-order valence-corrected chi connectivity index (χ3v) is 2.76. The fourth-order valence-corrected chi connectivity index (χ4v) is 1.84. The third kappa shape index (κ3) is 5.97. The molecule has 0 fully saturated rings. The van der Waals surface area contributed by atoms with E-state index in [0.717, 1.165) is 12.3 Å². The SMILES string of the molecule is CCOC(=O)c1cc(OSC(F)(F)F)nc(NC(C)C)c1C=N. The van der Waals surface area contributed by atoms with Gasteiger partial charge >= 0.3 is 11.5 Å². The highest BCUT2D eigenvalue weighted by atomic mass is 32.2. The Kier molecular flexibility index (Phi) is 6.67. The predicted octanol–water partition coefficient (Wildman–Crippen LogP) is 3.62. The first-order chi connectivity index (χ1) is 10.7. The highest BCUT2D eigenvalue weighted by Gasteiger charge is 2.32. The second-order valence-corrected chi connectivity index (χ2v) is 5.34. The van der Waals surface area contributed by atoms with Crippen molar-refractivity contribution in [2.75, 3.05) is 11.9 Å². The van der Waals surface area contributed by atoms with Crippen LogP contribution in [0.5, 0.6) is 5.88 Å². The van der Waals surface area contributed by atoms with Gasteiger partial charge in [-0.3, -0.25) is 0 Å². The molecule has 0 aromatic carbocycles. The summed E-state index contributed by atoms with van der Waals surface area (Å²) in [5.41, 5.74) is -4.60. The molecule has 128 valence electrons. The molecule has 1 rings (SSSR count). The van der Waals surface area contributed by atoms with Crippen LogP contribution in [0.25, 0.3) is 0 Å². The summed E-state index contributed by atoms with van der Waals surface area (Å²) < 4.78 is 46.1. The Hall–Kier alpha value is -1.97. The lowest BCUT2D eigenvalue weighted by Gasteiger charge is -2.16. The molecule has 0 aliphatic heterocycles. The van der Waals surface area contributed by atoms with Crippen molar-refractivity contribution in [2.24, 2.45) is 0 Å². The Bertz CT molecular complexity index is 580. The van der Waals surface area contributed by atoms with Crippen LogP contribution in [0.1, 0.15) is 36.7 Å². The molecule has 2 N–H and O–H groups in total. The van der Waals surface area contributed by atoms with Gasteiger partial charge in [0.25, 0.3) is 0 Å². The number of alkyl halides is 3. The van der Waals surface area contributed by atoms with Crippen LogP contribution in [0, 0.1) is 5.41 Å². The van der Waals surface area contributed by atoms with E-state index in [4.69, 9.17) is 10.1 Å². The van der Waals surface area contributed by atoms with E-state index in [1.54, 1.807) is 20.8 Å². The lowest BCUT2D eigenvalue weighted by molar-refractivity contribution is -0.0370. The molecule has 0 amide bonds. The molecule has 0 spiro atoms. The van der Waals surface area contributed by atoms with Crippen molar-refractivity contribution in [2.45, 2.75) is 32.3 Å².